The van der Waals surface area contributed by atoms with Gasteiger partial charge in [-0.05, 0) is 40.0 Å². The molecule has 0 aromatic heterocycles. The molecule has 0 aliphatic rings. The minimum Gasteiger partial charge on any atom is -0.351 e. The van der Waals surface area contributed by atoms with Crippen molar-refractivity contribution in [2.45, 2.75) is 26.8 Å². The summed E-state index contributed by atoms with van der Waals surface area (Å²) in [6.45, 7) is 7.11. The van der Waals surface area contributed by atoms with Crippen molar-refractivity contribution < 1.29 is 9.59 Å². The SMILES string of the molecule is CC(=O)c1cccc(C(=O)NCCN(C)C(C)C)c1. The summed E-state index contributed by atoms with van der Waals surface area (Å²) in [4.78, 5) is 25.3. The number of ketones is 1. The number of nitrogens with one attached hydrogen (secondary N) is 1. The molecule has 0 atom stereocenters. The molecule has 19 heavy (non-hydrogen) atoms. The molecule has 1 amide bonds. The fourth-order valence-electron chi connectivity index (χ4n) is 1.59. The molecule has 0 saturated heterocycles. The van der Waals surface area contributed by atoms with Crippen molar-refractivity contribution in [3.05, 3.63) is 35.4 Å². The number of amides is 1. The maximum Gasteiger partial charge on any atom is 0.251 e. The zero-order chi connectivity index (χ0) is 14.4. The smallest absolute Gasteiger partial charge is 0.251 e. The first-order valence-electron chi connectivity index (χ1n) is 6.51. The quantitative estimate of drug-likeness (QED) is 0.797. The zero-order valence-electron chi connectivity index (χ0n) is 12.1. The fraction of sp³-hybridized carbons (Fsp3) is 0.467. The second kappa shape index (κ2) is 7.04. The van der Waals surface area contributed by atoms with Gasteiger partial charge >= 0.3 is 0 Å². The second-order valence-corrected chi connectivity index (χ2v) is 4.97. The molecule has 0 unspecified atom stereocenters. The number of hydrogen-bond acceptors (Lipinski definition) is 3. The number of carbonyl (C=O) groups is 2. The summed E-state index contributed by atoms with van der Waals surface area (Å²) < 4.78 is 0. The van der Waals surface area contributed by atoms with E-state index in [1.165, 1.54) is 6.92 Å². The molecule has 104 valence electrons. The van der Waals surface area contributed by atoms with Crippen LogP contribution in [0, 0.1) is 0 Å². The first-order chi connectivity index (χ1) is 8.91. The van der Waals surface area contributed by atoms with E-state index in [0.29, 0.717) is 23.7 Å². The van der Waals surface area contributed by atoms with Crippen molar-refractivity contribution in [2.24, 2.45) is 0 Å². The van der Waals surface area contributed by atoms with Crippen LogP contribution in [-0.4, -0.2) is 42.8 Å². The van der Waals surface area contributed by atoms with E-state index in [1.807, 2.05) is 7.05 Å². The molecule has 0 fully saturated rings. The lowest BCUT2D eigenvalue weighted by Gasteiger charge is -2.20. The molecule has 0 saturated carbocycles. The van der Waals surface area contributed by atoms with Crippen molar-refractivity contribution in [1.29, 1.82) is 0 Å². The van der Waals surface area contributed by atoms with E-state index >= 15 is 0 Å². The van der Waals surface area contributed by atoms with Crippen LogP contribution < -0.4 is 5.32 Å². The number of hydrogen-bond donors (Lipinski definition) is 1. The predicted molar refractivity (Wildman–Crippen MR) is 76.5 cm³/mol. The summed E-state index contributed by atoms with van der Waals surface area (Å²) in [5.41, 5.74) is 1.09. The van der Waals surface area contributed by atoms with E-state index in [1.54, 1.807) is 24.3 Å². The van der Waals surface area contributed by atoms with Crippen LogP contribution in [0.25, 0.3) is 0 Å². The van der Waals surface area contributed by atoms with Crippen LogP contribution in [-0.2, 0) is 0 Å². The number of carbonyl (C=O) groups excluding carboxylic acids is 2. The van der Waals surface area contributed by atoms with E-state index < -0.39 is 0 Å². The molecular weight excluding hydrogens is 240 g/mol. The normalized spacial score (nSPS) is 10.8. The lowest BCUT2D eigenvalue weighted by atomic mass is 10.1. The zero-order valence-corrected chi connectivity index (χ0v) is 12.1. The molecule has 1 aromatic rings. The highest BCUT2D eigenvalue weighted by molar-refractivity contribution is 5.99. The van der Waals surface area contributed by atoms with Crippen molar-refractivity contribution in [3.63, 3.8) is 0 Å². The molecule has 1 aromatic carbocycles. The van der Waals surface area contributed by atoms with Gasteiger partial charge < -0.3 is 10.2 Å². The molecule has 1 rings (SSSR count). The first kappa shape index (κ1) is 15.4. The molecule has 4 heteroatoms. The Morgan fingerprint density at radius 3 is 2.47 bits per heavy atom. The summed E-state index contributed by atoms with van der Waals surface area (Å²) in [6, 6.07) is 7.24. The topological polar surface area (TPSA) is 49.4 Å². The number of Topliss-reactive ketones (excluding diaryl/α,β-unsaturated/α-hetero) is 1. The van der Waals surface area contributed by atoms with Gasteiger partial charge in [0.05, 0.1) is 0 Å². The van der Waals surface area contributed by atoms with Crippen LogP contribution in [0.1, 0.15) is 41.5 Å². The Bertz CT molecular complexity index is 455. The number of benzene rings is 1. The summed E-state index contributed by atoms with van der Waals surface area (Å²) in [5.74, 6) is -0.172. The van der Waals surface area contributed by atoms with Crippen molar-refractivity contribution in [2.75, 3.05) is 20.1 Å². The number of nitrogens with zero attached hydrogens (tertiary/aromatic N) is 1. The maximum absolute atomic E-state index is 11.9. The highest BCUT2D eigenvalue weighted by atomic mass is 16.1. The summed E-state index contributed by atoms with van der Waals surface area (Å²) in [7, 11) is 2.02. The van der Waals surface area contributed by atoms with Crippen LogP contribution >= 0.6 is 0 Å². The molecule has 0 radical (unpaired) electrons. The van der Waals surface area contributed by atoms with E-state index in [4.69, 9.17) is 0 Å². The van der Waals surface area contributed by atoms with Crippen molar-refractivity contribution in [1.82, 2.24) is 10.2 Å². The minimum absolute atomic E-state index is 0.0332. The lowest BCUT2D eigenvalue weighted by Crippen LogP contribution is -2.36. The molecule has 0 bridgehead atoms. The van der Waals surface area contributed by atoms with Crippen LogP contribution in [0.2, 0.25) is 0 Å². The van der Waals surface area contributed by atoms with Crippen LogP contribution in [0.4, 0.5) is 0 Å². The molecular formula is C15H22N2O2. The third-order valence-corrected chi connectivity index (χ3v) is 3.16. The highest BCUT2D eigenvalue weighted by Gasteiger charge is 2.08. The monoisotopic (exact) mass is 262 g/mol. The third kappa shape index (κ3) is 4.83. The fourth-order valence-corrected chi connectivity index (χ4v) is 1.59. The summed E-state index contributed by atoms with van der Waals surface area (Å²) in [5, 5.41) is 2.86. The molecule has 0 heterocycles. The van der Waals surface area contributed by atoms with E-state index in [9.17, 15) is 9.59 Å². The van der Waals surface area contributed by atoms with Gasteiger partial charge in [0, 0.05) is 30.3 Å². The van der Waals surface area contributed by atoms with Crippen LogP contribution in [0.15, 0.2) is 24.3 Å². The molecule has 0 spiro atoms. The Morgan fingerprint density at radius 2 is 1.89 bits per heavy atom. The second-order valence-electron chi connectivity index (χ2n) is 4.97. The first-order valence-corrected chi connectivity index (χ1v) is 6.51. The summed E-state index contributed by atoms with van der Waals surface area (Å²) >= 11 is 0. The van der Waals surface area contributed by atoms with Gasteiger partial charge in [0.2, 0.25) is 0 Å². The van der Waals surface area contributed by atoms with Gasteiger partial charge in [-0.25, -0.2) is 0 Å². The lowest BCUT2D eigenvalue weighted by molar-refractivity contribution is 0.0948. The third-order valence-electron chi connectivity index (χ3n) is 3.16. The van der Waals surface area contributed by atoms with Crippen molar-refractivity contribution in [3.8, 4) is 0 Å². The van der Waals surface area contributed by atoms with Crippen molar-refractivity contribution >= 4 is 11.7 Å². The van der Waals surface area contributed by atoms with E-state index in [0.717, 1.165) is 6.54 Å². The van der Waals surface area contributed by atoms with Gasteiger partial charge in [0.25, 0.3) is 5.91 Å². The number of likely N-dealkylation sites (N-methyl/N-ethyl adjacent to an activating group) is 1. The molecule has 0 aliphatic carbocycles. The Morgan fingerprint density at radius 1 is 1.26 bits per heavy atom. The summed E-state index contributed by atoms with van der Waals surface area (Å²) in [6.07, 6.45) is 0. The van der Waals surface area contributed by atoms with Gasteiger partial charge in [-0.1, -0.05) is 12.1 Å². The highest BCUT2D eigenvalue weighted by Crippen LogP contribution is 2.06. The Labute approximate surface area is 114 Å². The van der Waals surface area contributed by atoms with E-state index in [-0.39, 0.29) is 11.7 Å². The van der Waals surface area contributed by atoms with Gasteiger partial charge in [-0.15, -0.1) is 0 Å². The predicted octanol–water partition coefficient (Wildman–Crippen LogP) is 1.96. The molecule has 1 N–H and O–H groups in total. The average molecular weight is 262 g/mol. The maximum atomic E-state index is 11.9. The van der Waals surface area contributed by atoms with Crippen LogP contribution in [0.5, 0.6) is 0 Å². The van der Waals surface area contributed by atoms with Crippen LogP contribution in [0.3, 0.4) is 0 Å². The Balaban J connectivity index is 2.54. The van der Waals surface area contributed by atoms with Gasteiger partial charge in [0.1, 0.15) is 0 Å². The number of rotatable bonds is 6. The largest absolute Gasteiger partial charge is 0.351 e. The molecule has 4 nitrogen and oxygen atoms in total. The Hall–Kier alpha value is -1.68. The average Bonchev–Trinajstić information content (AvgIpc) is 2.38. The Kier molecular flexibility index (Phi) is 5.70. The van der Waals surface area contributed by atoms with Gasteiger partial charge in [-0.3, -0.25) is 9.59 Å². The molecule has 0 aliphatic heterocycles. The van der Waals surface area contributed by atoms with Gasteiger partial charge in [0.15, 0.2) is 5.78 Å². The minimum atomic E-state index is -0.139. The standard InChI is InChI=1S/C15H22N2O2/c1-11(2)17(4)9-8-16-15(19)14-7-5-6-13(10-14)12(3)18/h5-7,10-11H,8-9H2,1-4H3,(H,16,19). The van der Waals surface area contributed by atoms with E-state index in [2.05, 4.69) is 24.1 Å². The van der Waals surface area contributed by atoms with Gasteiger partial charge in [-0.2, -0.15) is 0 Å².